The van der Waals surface area contributed by atoms with Gasteiger partial charge in [0, 0.05) is 35.9 Å². The van der Waals surface area contributed by atoms with Crippen LogP contribution >= 0.6 is 0 Å². The first-order valence-corrected chi connectivity index (χ1v) is 7.01. The fourth-order valence-electron chi connectivity index (χ4n) is 1.57. The molecule has 0 atom stereocenters. The Morgan fingerprint density at radius 2 is 2.35 bits per heavy atom. The van der Waals surface area contributed by atoms with Gasteiger partial charge < -0.3 is 9.88 Å². The Morgan fingerprint density at radius 1 is 1.55 bits per heavy atom. The lowest BCUT2D eigenvalue weighted by molar-refractivity contribution is 0.414. The van der Waals surface area contributed by atoms with Crippen molar-refractivity contribution in [2.24, 2.45) is 0 Å². The molecule has 0 aliphatic heterocycles. The van der Waals surface area contributed by atoms with Gasteiger partial charge in [0.25, 0.3) is 0 Å². The second kappa shape index (κ2) is 5.95. The molecule has 0 saturated heterocycles. The lowest BCUT2D eigenvalue weighted by Crippen LogP contribution is -2.20. The first-order valence-electron chi connectivity index (χ1n) is 11.0. The zero-order valence-electron chi connectivity index (χ0n) is 21.9. The summed E-state index contributed by atoms with van der Waals surface area (Å²) in [7, 11) is -2.74. The van der Waals surface area contributed by atoms with Crippen LogP contribution in [0.2, 0.25) is 2.82 Å². The molecule has 0 radical (unpaired) electrons. The number of rotatable bonds is 6. The fraction of sp³-hybridized carbons (Fsp3) is 0.429. The van der Waals surface area contributed by atoms with Gasteiger partial charge >= 0.3 is 0 Å². The Labute approximate surface area is 135 Å². The highest BCUT2D eigenvalue weighted by Gasteiger charge is 2.11. The number of nitrogens with zero attached hydrogens (tertiary/aromatic N) is 1. The number of aromatic nitrogens is 1. The number of likely N-dealkylation sites (N-methyl/N-ethyl adjacent to an activating group) is 1. The van der Waals surface area contributed by atoms with Crippen LogP contribution in [0, 0.1) is 0 Å². The van der Waals surface area contributed by atoms with Crippen LogP contribution in [-0.2, 0) is 22.1 Å². The molecule has 0 bridgehead atoms. The average Bonchev–Trinajstić information content (AvgIpc) is 2.96. The number of hydrogen-bond donors (Lipinski definition) is 2. The predicted molar refractivity (Wildman–Crippen MR) is 82.2 cm³/mol. The summed E-state index contributed by atoms with van der Waals surface area (Å²) < 4.78 is 110. The highest BCUT2D eigenvalue weighted by Crippen LogP contribution is 2.21. The van der Waals surface area contributed by atoms with E-state index in [2.05, 4.69) is 0 Å². The van der Waals surface area contributed by atoms with Gasteiger partial charge in [-0.05, 0) is 50.7 Å². The van der Waals surface area contributed by atoms with Crippen LogP contribution in [0.1, 0.15) is 23.5 Å². The van der Waals surface area contributed by atoms with E-state index in [1.54, 1.807) is 0 Å². The average molecular weight is 306 g/mol. The maximum absolute atomic E-state index is 12.5. The predicted octanol–water partition coefficient (Wildman–Crippen LogP) is 1.32. The molecular weight excluding hydrogens is 274 g/mol. The van der Waals surface area contributed by atoms with Crippen LogP contribution in [-0.4, -0.2) is 45.9 Å². The second-order valence-corrected chi connectivity index (χ2v) is 5.54. The SMILES string of the molecule is [2H]N(C([2H])([2H])[2H])S(=O)(=O)C([2H])([2H])c1ccc2c(c1)c(C([2H])([2H])C([2H])([2H])N(C)C)cn2[2H]. The lowest BCUT2D eigenvalue weighted by Gasteiger charge is -2.08. The normalized spacial score (nSPS) is 23.5. The zero-order valence-corrected chi connectivity index (χ0v) is 11.7. The summed E-state index contributed by atoms with van der Waals surface area (Å²) in [6.45, 7) is -6.01. The molecule has 0 amide bonds. The Bertz CT molecular complexity index is 1090. The molecule has 20 heavy (non-hydrogen) atoms. The van der Waals surface area contributed by atoms with E-state index in [0.717, 1.165) is 34.3 Å². The molecular formula is C14H21N3O2S. The molecule has 0 fully saturated rings. The lowest BCUT2D eigenvalue weighted by atomic mass is 10.1. The number of fused-ring (bicyclic) bond motifs is 1. The van der Waals surface area contributed by atoms with E-state index in [0.29, 0.717) is 0 Å². The number of sulfonamides is 1. The van der Waals surface area contributed by atoms with Crippen molar-refractivity contribution in [2.75, 3.05) is 27.6 Å². The van der Waals surface area contributed by atoms with Crippen molar-refractivity contribution in [1.82, 2.24) is 14.6 Å². The molecule has 6 heteroatoms. The van der Waals surface area contributed by atoms with Gasteiger partial charge in [-0.2, -0.15) is 0 Å². The fourth-order valence-corrected chi connectivity index (χ4v) is 2.05. The van der Waals surface area contributed by atoms with Crippen molar-refractivity contribution >= 4 is 20.9 Å². The molecule has 1 aromatic heterocycles. The van der Waals surface area contributed by atoms with E-state index in [9.17, 15) is 8.42 Å². The molecule has 1 aromatic carbocycles. The molecule has 2 aromatic rings. The van der Waals surface area contributed by atoms with E-state index in [1.165, 1.54) is 14.1 Å². The summed E-state index contributed by atoms with van der Waals surface area (Å²) in [4.78, 5) is 1.73. The van der Waals surface area contributed by atoms with Gasteiger partial charge in [-0.1, -0.05) is 6.07 Å². The van der Waals surface area contributed by atoms with Gasteiger partial charge in [0.1, 0.15) is 1.41 Å². The summed E-state index contributed by atoms with van der Waals surface area (Å²) in [5.41, 5.74) is -4.27. The number of aromatic amines is 1. The van der Waals surface area contributed by atoms with E-state index in [4.69, 9.17) is 15.2 Å². The van der Waals surface area contributed by atoms with Crippen molar-refractivity contribution < 1.29 is 23.6 Å². The molecule has 0 spiro atoms. The van der Waals surface area contributed by atoms with Crippen LogP contribution in [0.25, 0.3) is 10.9 Å². The number of H-pyrrole nitrogens is 1. The highest BCUT2D eigenvalue weighted by atomic mass is 32.2. The monoisotopic (exact) mass is 306 g/mol. The maximum Gasteiger partial charge on any atom is 0.215 e. The number of nitrogens with one attached hydrogen (secondary N) is 2. The molecule has 2 rings (SSSR count). The van der Waals surface area contributed by atoms with E-state index in [-0.39, 0.29) is 16.5 Å². The van der Waals surface area contributed by atoms with Gasteiger partial charge in [0.2, 0.25) is 10.0 Å². The third-order valence-electron chi connectivity index (χ3n) is 2.40. The van der Waals surface area contributed by atoms with Gasteiger partial charge in [0.15, 0.2) is 1.41 Å². The minimum absolute atomic E-state index is 0.0453. The molecule has 2 N–H and O–H groups in total. The Balaban J connectivity index is 2.77. The minimum atomic E-state index is -5.36. The standard InChI is InChI=1S/C14H21N3O2S/c1-15-20(18,19)10-11-4-5-14-13(8-11)12(9-16-14)6-7-17(2)3/h4-5,8-9,15-16H,6-7,10H2,1-3H3/i1D3,6D2,7D2,10D2/hD2. The quantitative estimate of drug-likeness (QED) is 0.846. The third kappa shape index (κ3) is 3.59. The number of benzene rings is 1. The first kappa shape index (κ1) is 6.17. The summed E-state index contributed by atoms with van der Waals surface area (Å²) >= 11 is 0. The zero-order chi connectivity index (χ0) is 24.4. The summed E-state index contributed by atoms with van der Waals surface area (Å²) in [6.07, 6.45) is -1.70. The highest BCUT2D eigenvalue weighted by molar-refractivity contribution is 7.88. The maximum atomic E-state index is 12.5. The van der Waals surface area contributed by atoms with Crippen molar-refractivity contribution in [3.05, 3.63) is 35.5 Å². The molecule has 5 nitrogen and oxygen atoms in total. The largest absolute Gasteiger partial charge is 0.361 e. The number of aryl methyl sites for hydroxylation is 1. The summed E-state index contributed by atoms with van der Waals surface area (Å²) in [5, 5.41) is -0.132. The molecule has 1 heterocycles. The van der Waals surface area contributed by atoms with Gasteiger partial charge in [-0.3, -0.25) is 0 Å². The van der Waals surface area contributed by atoms with Crippen molar-refractivity contribution in [2.45, 2.75) is 12.1 Å². The van der Waals surface area contributed by atoms with Crippen molar-refractivity contribution in [3.63, 3.8) is 0 Å². The summed E-state index contributed by atoms with van der Waals surface area (Å²) in [6, 6.07) is 3.04. The van der Waals surface area contributed by atoms with Crippen molar-refractivity contribution in [1.29, 1.82) is 0 Å². The summed E-state index contributed by atoms with van der Waals surface area (Å²) in [5.74, 6) is 0. The first-order chi connectivity index (χ1) is 13.7. The Hall–Kier alpha value is -1.37. The van der Waals surface area contributed by atoms with E-state index < -0.39 is 45.9 Å². The third-order valence-corrected chi connectivity index (χ3v) is 3.13. The number of hydrogen-bond acceptors (Lipinski definition) is 3. The smallest absolute Gasteiger partial charge is 0.215 e. The van der Waals surface area contributed by atoms with E-state index >= 15 is 0 Å². The Kier molecular flexibility index (Phi) is 1.84. The van der Waals surface area contributed by atoms with Crippen LogP contribution < -0.4 is 4.72 Å². The van der Waals surface area contributed by atoms with Crippen molar-refractivity contribution in [3.8, 4) is 0 Å². The minimum Gasteiger partial charge on any atom is -0.361 e. The topological polar surface area (TPSA) is 65.2 Å². The molecule has 0 aliphatic rings. The van der Waals surface area contributed by atoms with Gasteiger partial charge in [-0.15, -0.1) is 0 Å². The molecule has 0 unspecified atom stereocenters. The van der Waals surface area contributed by atoms with Crippen LogP contribution in [0.3, 0.4) is 0 Å². The van der Waals surface area contributed by atoms with Gasteiger partial charge in [0.05, 0.1) is 5.70 Å². The molecule has 0 aliphatic carbocycles. The Morgan fingerprint density at radius 3 is 3.05 bits per heavy atom. The van der Waals surface area contributed by atoms with Gasteiger partial charge in [-0.25, -0.2) is 13.1 Å². The molecule has 110 valence electrons. The van der Waals surface area contributed by atoms with Crippen LogP contribution in [0.5, 0.6) is 0 Å². The molecule has 0 saturated carbocycles. The van der Waals surface area contributed by atoms with E-state index in [1.807, 2.05) is 0 Å². The van der Waals surface area contributed by atoms with Crippen LogP contribution in [0.15, 0.2) is 24.4 Å². The van der Waals surface area contributed by atoms with Crippen LogP contribution in [0.4, 0.5) is 0 Å². The second-order valence-electron chi connectivity index (χ2n) is 4.20.